The van der Waals surface area contributed by atoms with E-state index in [4.69, 9.17) is 0 Å². The second kappa shape index (κ2) is 4.87. The largest absolute Gasteiger partial charge is 0.481 e. The fraction of sp³-hybridized carbons (Fsp3) is 0.412. The Morgan fingerprint density at radius 1 is 1.18 bits per heavy atom. The van der Waals surface area contributed by atoms with Crippen LogP contribution in [0.15, 0.2) is 30.5 Å². The molecule has 2 N–H and O–H groups in total. The number of carbonyl (C=O) groups excluding carboxylic acids is 1. The molecule has 0 bridgehead atoms. The van der Waals surface area contributed by atoms with E-state index < -0.39 is 11.9 Å². The van der Waals surface area contributed by atoms with Crippen LogP contribution in [-0.4, -0.2) is 40.0 Å². The van der Waals surface area contributed by atoms with Crippen molar-refractivity contribution in [3.05, 3.63) is 36.0 Å². The summed E-state index contributed by atoms with van der Waals surface area (Å²) in [6.07, 6.45) is 4.05. The van der Waals surface area contributed by atoms with Crippen LogP contribution in [0.5, 0.6) is 0 Å². The third-order valence-corrected chi connectivity index (χ3v) is 5.00. The molecule has 2 heterocycles. The first-order valence-electron chi connectivity index (χ1n) is 7.72. The number of fused-ring (bicyclic) bond motifs is 1. The van der Waals surface area contributed by atoms with Gasteiger partial charge in [-0.05, 0) is 48.3 Å². The van der Waals surface area contributed by atoms with Gasteiger partial charge in [0.05, 0.1) is 5.92 Å². The monoisotopic (exact) mass is 298 g/mol. The molecule has 1 amide bonds. The zero-order valence-electron chi connectivity index (χ0n) is 12.2. The molecule has 0 unspecified atom stereocenters. The van der Waals surface area contributed by atoms with E-state index in [2.05, 4.69) is 4.98 Å². The van der Waals surface area contributed by atoms with Crippen LogP contribution in [0, 0.1) is 17.8 Å². The van der Waals surface area contributed by atoms with E-state index in [1.165, 1.54) is 0 Å². The van der Waals surface area contributed by atoms with Crippen molar-refractivity contribution in [2.24, 2.45) is 17.8 Å². The first-order chi connectivity index (χ1) is 10.6. The molecule has 1 aromatic carbocycles. The number of hydrogen-bond acceptors (Lipinski definition) is 2. The number of carboxylic acids is 1. The molecule has 1 aromatic heterocycles. The molecular formula is C17H18N2O3. The van der Waals surface area contributed by atoms with Crippen LogP contribution >= 0.6 is 0 Å². The fourth-order valence-corrected chi connectivity index (χ4v) is 3.62. The van der Waals surface area contributed by atoms with Gasteiger partial charge >= 0.3 is 5.97 Å². The van der Waals surface area contributed by atoms with Gasteiger partial charge in [-0.15, -0.1) is 0 Å². The van der Waals surface area contributed by atoms with Crippen LogP contribution < -0.4 is 0 Å². The van der Waals surface area contributed by atoms with Crippen LogP contribution in [-0.2, 0) is 4.79 Å². The molecule has 1 aliphatic carbocycles. The Kier molecular flexibility index (Phi) is 2.96. The number of amides is 1. The van der Waals surface area contributed by atoms with Crippen molar-refractivity contribution in [2.75, 3.05) is 13.1 Å². The van der Waals surface area contributed by atoms with Gasteiger partial charge in [-0.25, -0.2) is 0 Å². The lowest BCUT2D eigenvalue weighted by molar-refractivity contribution is -0.142. The minimum Gasteiger partial charge on any atom is -0.481 e. The van der Waals surface area contributed by atoms with Gasteiger partial charge < -0.3 is 15.0 Å². The maximum Gasteiger partial charge on any atom is 0.308 e. The van der Waals surface area contributed by atoms with Crippen LogP contribution in [0.1, 0.15) is 23.2 Å². The molecule has 2 aromatic rings. The molecule has 1 saturated carbocycles. The summed E-state index contributed by atoms with van der Waals surface area (Å²) in [5.74, 6) is -0.635. The Morgan fingerprint density at radius 2 is 2.00 bits per heavy atom. The quantitative estimate of drug-likeness (QED) is 0.913. The summed E-state index contributed by atoms with van der Waals surface area (Å²) in [6.45, 7) is 0.904. The Labute approximate surface area is 127 Å². The summed E-state index contributed by atoms with van der Waals surface area (Å²) < 4.78 is 0. The van der Waals surface area contributed by atoms with E-state index in [1.54, 1.807) is 4.90 Å². The second-order valence-corrected chi connectivity index (χ2v) is 6.44. The molecule has 0 spiro atoms. The lowest BCUT2D eigenvalue weighted by Gasteiger charge is -2.16. The minimum absolute atomic E-state index is 0.0640. The third-order valence-electron chi connectivity index (χ3n) is 5.00. The van der Waals surface area contributed by atoms with E-state index in [0.29, 0.717) is 24.6 Å². The van der Waals surface area contributed by atoms with Gasteiger partial charge in [0.25, 0.3) is 5.91 Å². The van der Waals surface area contributed by atoms with Crippen LogP contribution in [0.4, 0.5) is 0 Å². The van der Waals surface area contributed by atoms with E-state index >= 15 is 0 Å². The highest BCUT2D eigenvalue weighted by atomic mass is 16.4. The number of aromatic amines is 1. The molecule has 22 heavy (non-hydrogen) atoms. The summed E-state index contributed by atoms with van der Waals surface area (Å²) >= 11 is 0. The highest BCUT2D eigenvalue weighted by molar-refractivity contribution is 5.98. The molecule has 5 heteroatoms. The van der Waals surface area contributed by atoms with Gasteiger partial charge in [0, 0.05) is 30.4 Å². The summed E-state index contributed by atoms with van der Waals surface area (Å²) in [7, 11) is 0. The van der Waals surface area contributed by atoms with E-state index in [1.807, 2.05) is 30.5 Å². The molecule has 1 aliphatic heterocycles. The number of carboxylic acid groups (broad SMARTS) is 1. The highest BCUT2D eigenvalue weighted by Crippen LogP contribution is 2.44. The lowest BCUT2D eigenvalue weighted by Crippen LogP contribution is -2.29. The number of aliphatic carboxylic acids is 1. The minimum atomic E-state index is -0.771. The van der Waals surface area contributed by atoms with Gasteiger partial charge in [0.1, 0.15) is 0 Å². The van der Waals surface area contributed by atoms with Crippen molar-refractivity contribution >= 4 is 22.8 Å². The molecule has 4 rings (SSSR count). The number of benzene rings is 1. The average molecular weight is 298 g/mol. The number of H-pyrrole nitrogens is 1. The number of aromatic nitrogens is 1. The number of likely N-dealkylation sites (tertiary alicyclic amines) is 1. The van der Waals surface area contributed by atoms with Crippen molar-refractivity contribution in [3.8, 4) is 0 Å². The van der Waals surface area contributed by atoms with Crippen molar-refractivity contribution in [1.29, 1.82) is 0 Å². The molecular weight excluding hydrogens is 280 g/mol. The summed E-state index contributed by atoms with van der Waals surface area (Å²) in [6, 6.07) is 7.54. The van der Waals surface area contributed by atoms with Crippen molar-refractivity contribution in [3.63, 3.8) is 0 Å². The van der Waals surface area contributed by atoms with Crippen molar-refractivity contribution in [1.82, 2.24) is 9.88 Å². The number of hydrogen-bond donors (Lipinski definition) is 2. The van der Waals surface area contributed by atoms with Gasteiger partial charge in [0.2, 0.25) is 0 Å². The topological polar surface area (TPSA) is 73.4 Å². The zero-order valence-corrected chi connectivity index (χ0v) is 12.2. The molecule has 114 valence electrons. The van der Waals surface area contributed by atoms with Crippen LogP contribution in [0.25, 0.3) is 10.9 Å². The Balaban J connectivity index is 1.58. The third kappa shape index (κ3) is 2.17. The highest BCUT2D eigenvalue weighted by Gasteiger charge is 2.46. The maximum atomic E-state index is 12.7. The first kappa shape index (κ1) is 13.4. The SMILES string of the molecule is O=C(O)[C@@H]1CN(C(=O)c2ccc3cc[nH]c3c2)C[C@H]1C1CC1. The second-order valence-electron chi connectivity index (χ2n) is 6.44. The van der Waals surface area contributed by atoms with E-state index in [-0.39, 0.29) is 11.8 Å². The Bertz CT molecular complexity index is 747. The molecule has 2 aliphatic rings. The average Bonchev–Trinajstić information content (AvgIpc) is 3.09. The van der Waals surface area contributed by atoms with Crippen LogP contribution in [0.2, 0.25) is 0 Å². The molecule has 0 radical (unpaired) electrons. The van der Waals surface area contributed by atoms with Crippen LogP contribution in [0.3, 0.4) is 0 Å². The molecule has 5 nitrogen and oxygen atoms in total. The predicted octanol–water partition coefficient (Wildman–Crippen LogP) is 2.35. The Hall–Kier alpha value is -2.30. The number of nitrogens with one attached hydrogen (secondary N) is 1. The smallest absolute Gasteiger partial charge is 0.308 e. The number of rotatable bonds is 3. The van der Waals surface area contributed by atoms with E-state index in [9.17, 15) is 14.7 Å². The first-order valence-corrected chi connectivity index (χ1v) is 7.72. The molecule has 2 atom stereocenters. The molecule has 2 fully saturated rings. The van der Waals surface area contributed by atoms with Crippen molar-refractivity contribution in [2.45, 2.75) is 12.8 Å². The predicted molar refractivity (Wildman–Crippen MR) is 81.5 cm³/mol. The van der Waals surface area contributed by atoms with Gasteiger partial charge in [-0.3, -0.25) is 9.59 Å². The molecule has 1 saturated heterocycles. The normalized spacial score (nSPS) is 24.8. The standard InChI is InChI=1S/C17H18N2O3/c20-16(12-4-3-11-5-6-18-15(11)7-12)19-8-13(10-1-2-10)14(9-19)17(21)22/h3-7,10,13-14,18H,1-2,8-9H2,(H,21,22)/t13-,14+/m0/s1. The zero-order chi connectivity index (χ0) is 15.3. The van der Waals surface area contributed by atoms with Gasteiger partial charge in [-0.2, -0.15) is 0 Å². The summed E-state index contributed by atoms with van der Waals surface area (Å²) in [5, 5.41) is 10.5. The lowest BCUT2D eigenvalue weighted by atomic mass is 9.92. The maximum absolute atomic E-state index is 12.7. The number of nitrogens with zero attached hydrogens (tertiary/aromatic N) is 1. The van der Waals surface area contributed by atoms with Crippen molar-refractivity contribution < 1.29 is 14.7 Å². The van der Waals surface area contributed by atoms with Gasteiger partial charge in [0.15, 0.2) is 0 Å². The summed E-state index contributed by atoms with van der Waals surface area (Å²) in [5.41, 5.74) is 1.55. The van der Waals surface area contributed by atoms with E-state index in [0.717, 1.165) is 23.7 Å². The summed E-state index contributed by atoms with van der Waals surface area (Å²) in [4.78, 5) is 29.0. The number of carbonyl (C=O) groups is 2. The Morgan fingerprint density at radius 3 is 2.73 bits per heavy atom. The van der Waals surface area contributed by atoms with Gasteiger partial charge in [-0.1, -0.05) is 6.07 Å². The fourth-order valence-electron chi connectivity index (χ4n) is 3.62.